The van der Waals surface area contributed by atoms with E-state index >= 15 is 0 Å². The molecule has 0 atom stereocenters. The van der Waals surface area contributed by atoms with Gasteiger partial charge >= 0.3 is 5.97 Å². The van der Waals surface area contributed by atoms with Gasteiger partial charge in [-0.15, -0.1) is 5.10 Å². The number of aryl methyl sites for hydroxylation is 1. The summed E-state index contributed by atoms with van der Waals surface area (Å²) in [6.45, 7) is 3.04. The number of para-hydroxylation sites is 1. The van der Waals surface area contributed by atoms with Crippen LogP contribution >= 0.6 is 0 Å². The molecule has 0 aliphatic rings. The van der Waals surface area contributed by atoms with E-state index in [2.05, 4.69) is 10.3 Å². The Kier molecular flexibility index (Phi) is 4.70. The van der Waals surface area contributed by atoms with Gasteiger partial charge in [0.25, 0.3) is 0 Å². The Hall–Kier alpha value is -2.37. The minimum absolute atomic E-state index is 0.0339. The molecule has 106 valence electrons. The summed E-state index contributed by atoms with van der Waals surface area (Å²) in [6.07, 6.45) is 1.29. The smallest absolute Gasteiger partial charge is 0.358 e. The predicted molar refractivity (Wildman–Crippen MR) is 72.9 cm³/mol. The van der Waals surface area contributed by atoms with E-state index in [0.29, 0.717) is 31.7 Å². The maximum absolute atomic E-state index is 11.1. The van der Waals surface area contributed by atoms with Crippen molar-refractivity contribution in [2.24, 2.45) is 0 Å². The van der Waals surface area contributed by atoms with Crippen LogP contribution in [0.5, 0.6) is 5.75 Å². The Bertz CT molecular complexity index is 566. The monoisotopic (exact) mass is 275 g/mol. The summed E-state index contributed by atoms with van der Waals surface area (Å²) in [5, 5.41) is 16.6. The molecule has 6 nitrogen and oxygen atoms in total. The zero-order chi connectivity index (χ0) is 14.4. The van der Waals surface area contributed by atoms with Crippen molar-refractivity contribution in [1.29, 1.82) is 0 Å². The van der Waals surface area contributed by atoms with Crippen molar-refractivity contribution in [3.05, 3.63) is 41.7 Å². The highest BCUT2D eigenvalue weighted by Gasteiger charge is 2.17. The fraction of sp³-hybridized carbons (Fsp3) is 0.357. The third-order valence-corrected chi connectivity index (χ3v) is 2.91. The van der Waals surface area contributed by atoms with Crippen LogP contribution in [0.15, 0.2) is 30.3 Å². The van der Waals surface area contributed by atoms with E-state index in [0.717, 1.165) is 5.75 Å². The average Bonchev–Trinajstić information content (AvgIpc) is 2.88. The fourth-order valence-electron chi connectivity index (χ4n) is 1.95. The highest BCUT2D eigenvalue weighted by atomic mass is 16.5. The second-order valence-electron chi connectivity index (χ2n) is 4.27. The standard InChI is InChI=1S/C14H17N3O3/c1-2-17-12(13(14(18)19)15-16-17)9-6-10-20-11-7-4-3-5-8-11/h3-5,7-8H,2,6,9-10H2,1H3,(H,18,19). The van der Waals surface area contributed by atoms with E-state index in [-0.39, 0.29) is 5.69 Å². The number of hydrogen-bond acceptors (Lipinski definition) is 4. The molecular formula is C14H17N3O3. The Morgan fingerprint density at radius 3 is 2.75 bits per heavy atom. The zero-order valence-electron chi connectivity index (χ0n) is 11.3. The molecule has 0 saturated carbocycles. The van der Waals surface area contributed by atoms with Crippen molar-refractivity contribution in [3.63, 3.8) is 0 Å². The molecule has 20 heavy (non-hydrogen) atoms. The Balaban J connectivity index is 1.90. The highest BCUT2D eigenvalue weighted by molar-refractivity contribution is 5.86. The molecule has 6 heteroatoms. The summed E-state index contributed by atoms with van der Waals surface area (Å²) in [5.41, 5.74) is 0.684. The predicted octanol–water partition coefficient (Wildman–Crippen LogP) is 2.01. The van der Waals surface area contributed by atoms with Crippen LogP contribution in [-0.2, 0) is 13.0 Å². The van der Waals surface area contributed by atoms with Crippen LogP contribution in [0.2, 0.25) is 0 Å². The topological polar surface area (TPSA) is 77.2 Å². The molecule has 0 amide bonds. The van der Waals surface area contributed by atoms with Gasteiger partial charge in [-0.25, -0.2) is 9.48 Å². The minimum atomic E-state index is -1.04. The lowest BCUT2D eigenvalue weighted by Gasteiger charge is -2.07. The number of aromatic nitrogens is 3. The fourth-order valence-corrected chi connectivity index (χ4v) is 1.95. The van der Waals surface area contributed by atoms with Gasteiger partial charge in [-0.3, -0.25) is 0 Å². The SMILES string of the molecule is CCn1nnc(C(=O)O)c1CCCOc1ccccc1. The van der Waals surface area contributed by atoms with Crippen molar-refractivity contribution in [2.45, 2.75) is 26.3 Å². The summed E-state index contributed by atoms with van der Waals surface area (Å²) >= 11 is 0. The molecule has 1 heterocycles. The number of carboxylic acid groups (broad SMARTS) is 1. The molecule has 0 aliphatic carbocycles. The Morgan fingerprint density at radius 2 is 2.10 bits per heavy atom. The largest absolute Gasteiger partial charge is 0.494 e. The average molecular weight is 275 g/mol. The van der Waals surface area contributed by atoms with E-state index in [1.54, 1.807) is 4.68 Å². The van der Waals surface area contributed by atoms with Crippen LogP contribution in [0, 0.1) is 0 Å². The van der Waals surface area contributed by atoms with Gasteiger partial charge < -0.3 is 9.84 Å². The number of benzene rings is 1. The maximum atomic E-state index is 11.1. The molecule has 0 unspecified atom stereocenters. The number of rotatable bonds is 7. The number of aromatic carboxylic acids is 1. The molecule has 2 rings (SSSR count). The van der Waals surface area contributed by atoms with Gasteiger partial charge in [0.2, 0.25) is 0 Å². The molecule has 0 aliphatic heterocycles. The van der Waals surface area contributed by atoms with Crippen LogP contribution in [-0.4, -0.2) is 32.7 Å². The number of carboxylic acids is 1. The van der Waals surface area contributed by atoms with E-state index in [9.17, 15) is 4.79 Å². The van der Waals surface area contributed by atoms with E-state index < -0.39 is 5.97 Å². The number of hydrogen-bond donors (Lipinski definition) is 1. The van der Waals surface area contributed by atoms with Gasteiger partial charge in [0.05, 0.1) is 12.3 Å². The molecule has 0 fully saturated rings. The maximum Gasteiger partial charge on any atom is 0.358 e. The molecule has 1 N–H and O–H groups in total. The van der Waals surface area contributed by atoms with Gasteiger partial charge in [-0.05, 0) is 31.9 Å². The molecule has 0 bridgehead atoms. The second-order valence-corrected chi connectivity index (χ2v) is 4.27. The first-order valence-corrected chi connectivity index (χ1v) is 6.56. The molecular weight excluding hydrogens is 258 g/mol. The lowest BCUT2D eigenvalue weighted by molar-refractivity contribution is 0.0689. The minimum Gasteiger partial charge on any atom is -0.494 e. The summed E-state index contributed by atoms with van der Waals surface area (Å²) < 4.78 is 7.20. The first kappa shape index (κ1) is 14.0. The summed E-state index contributed by atoms with van der Waals surface area (Å²) in [4.78, 5) is 11.1. The van der Waals surface area contributed by atoms with E-state index in [1.165, 1.54) is 0 Å². The van der Waals surface area contributed by atoms with Crippen molar-refractivity contribution >= 4 is 5.97 Å². The molecule has 0 radical (unpaired) electrons. The van der Waals surface area contributed by atoms with Crippen molar-refractivity contribution < 1.29 is 14.6 Å². The van der Waals surface area contributed by atoms with Crippen LogP contribution in [0.4, 0.5) is 0 Å². The van der Waals surface area contributed by atoms with Crippen molar-refractivity contribution in [3.8, 4) is 5.75 Å². The summed E-state index contributed by atoms with van der Waals surface area (Å²) in [7, 11) is 0. The molecule has 1 aromatic carbocycles. The van der Waals surface area contributed by atoms with Crippen LogP contribution in [0.3, 0.4) is 0 Å². The third-order valence-electron chi connectivity index (χ3n) is 2.91. The normalized spacial score (nSPS) is 10.4. The van der Waals surface area contributed by atoms with Crippen LogP contribution in [0.1, 0.15) is 29.5 Å². The van der Waals surface area contributed by atoms with Gasteiger partial charge in [0.15, 0.2) is 5.69 Å². The van der Waals surface area contributed by atoms with Crippen molar-refractivity contribution in [2.75, 3.05) is 6.61 Å². The quantitative estimate of drug-likeness (QED) is 0.782. The third kappa shape index (κ3) is 3.34. The Morgan fingerprint density at radius 1 is 1.35 bits per heavy atom. The molecule has 2 aromatic rings. The summed E-state index contributed by atoms with van der Waals surface area (Å²) in [6, 6.07) is 9.53. The van der Waals surface area contributed by atoms with Gasteiger partial charge in [-0.2, -0.15) is 0 Å². The summed E-state index contributed by atoms with van der Waals surface area (Å²) in [5.74, 6) is -0.225. The number of nitrogens with zero attached hydrogens (tertiary/aromatic N) is 3. The van der Waals surface area contributed by atoms with Crippen LogP contribution < -0.4 is 4.74 Å². The lowest BCUT2D eigenvalue weighted by Crippen LogP contribution is -2.09. The van der Waals surface area contributed by atoms with Gasteiger partial charge in [-0.1, -0.05) is 23.4 Å². The lowest BCUT2D eigenvalue weighted by atomic mass is 10.2. The second kappa shape index (κ2) is 6.70. The molecule has 1 aromatic heterocycles. The zero-order valence-corrected chi connectivity index (χ0v) is 11.3. The van der Waals surface area contributed by atoms with E-state index in [4.69, 9.17) is 9.84 Å². The molecule has 0 saturated heterocycles. The molecule has 0 spiro atoms. The first-order chi connectivity index (χ1) is 9.72. The first-order valence-electron chi connectivity index (χ1n) is 6.56. The highest BCUT2D eigenvalue weighted by Crippen LogP contribution is 2.11. The van der Waals surface area contributed by atoms with Crippen LogP contribution in [0.25, 0.3) is 0 Å². The number of carbonyl (C=O) groups is 1. The van der Waals surface area contributed by atoms with Crippen molar-refractivity contribution in [1.82, 2.24) is 15.0 Å². The van der Waals surface area contributed by atoms with Gasteiger partial charge in [0, 0.05) is 6.54 Å². The number of ether oxygens (including phenoxy) is 1. The van der Waals surface area contributed by atoms with Gasteiger partial charge in [0.1, 0.15) is 5.75 Å². The van der Waals surface area contributed by atoms with E-state index in [1.807, 2.05) is 37.3 Å². The Labute approximate surface area is 117 Å².